The van der Waals surface area contributed by atoms with Crippen LogP contribution in [0.5, 0.6) is 11.5 Å². The minimum atomic E-state index is -0.125. The number of carbonyl (C=O) groups is 1. The fourth-order valence-corrected chi connectivity index (χ4v) is 1.95. The van der Waals surface area contributed by atoms with E-state index in [0.29, 0.717) is 35.2 Å². The topological polar surface area (TPSA) is 64.8 Å². The average molecular weight is 280 g/mol. The minimum absolute atomic E-state index is 0.125. The molecule has 0 spiro atoms. The molecule has 0 saturated carbocycles. The van der Waals surface area contributed by atoms with Crippen LogP contribution in [-0.2, 0) is 0 Å². The molecule has 5 heteroatoms. The Hall–Kier alpha value is -1.91. The first-order valence-corrected chi connectivity index (χ1v) is 6.71. The largest absolute Gasteiger partial charge is 0.497 e. The minimum Gasteiger partial charge on any atom is -0.497 e. The summed E-state index contributed by atoms with van der Waals surface area (Å²) in [6, 6.07) is 3.31. The van der Waals surface area contributed by atoms with Gasteiger partial charge in [0.25, 0.3) is 5.91 Å². The molecule has 1 atom stereocenters. The lowest BCUT2D eigenvalue weighted by molar-refractivity contribution is 0.0775. The summed E-state index contributed by atoms with van der Waals surface area (Å²) in [4.78, 5) is 14.2. The van der Waals surface area contributed by atoms with Gasteiger partial charge in [0.2, 0.25) is 0 Å². The Balaban J connectivity index is 3.08. The second-order valence-corrected chi connectivity index (χ2v) is 4.99. The number of benzene rings is 1. The van der Waals surface area contributed by atoms with Crippen molar-refractivity contribution < 1.29 is 14.3 Å². The molecule has 0 aliphatic rings. The third-order valence-electron chi connectivity index (χ3n) is 3.43. The first-order valence-electron chi connectivity index (χ1n) is 6.71. The number of nitrogen functional groups attached to an aromatic ring is 1. The molecule has 1 rings (SSSR count). The Labute approximate surface area is 120 Å². The lowest BCUT2D eigenvalue weighted by Gasteiger charge is -2.22. The highest BCUT2D eigenvalue weighted by atomic mass is 16.5. The fourth-order valence-electron chi connectivity index (χ4n) is 1.95. The van der Waals surface area contributed by atoms with Gasteiger partial charge in [0.1, 0.15) is 11.5 Å². The Morgan fingerprint density at radius 3 is 2.50 bits per heavy atom. The van der Waals surface area contributed by atoms with E-state index in [2.05, 4.69) is 13.8 Å². The smallest absolute Gasteiger partial charge is 0.255 e. The number of nitrogens with zero attached hydrogens (tertiary/aromatic N) is 1. The molecule has 20 heavy (non-hydrogen) atoms. The number of ether oxygens (including phenoxy) is 2. The average Bonchev–Trinajstić information content (AvgIpc) is 2.46. The summed E-state index contributed by atoms with van der Waals surface area (Å²) in [5, 5.41) is 0. The molecule has 1 unspecified atom stereocenters. The number of amides is 1. The molecule has 0 saturated heterocycles. The molecule has 0 radical (unpaired) electrons. The molecule has 1 amide bonds. The third kappa shape index (κ3) is 3.56. The summed E-state index contributed by atoms with van der Waals surface area (Å²) in [5.41, 5.74) is 6.74. The van der Waals surface area contributed by atoms with E-state index in [4.69, 9.17) is 15.2 Å². The number of anilines is 1. The van der Waals surface area contributed by atoms with Gasteiger partial charge in [0, 0.05) is 19.7 Å². The zero-order valence-electron chi connectivity index (χ0n) is 12.9. The predicted molar refractivity (Wildman–Crippen MR) is 80.4 cm³/mol. The van der Waals surface area contributed by atoms with Gasteiger partial charge in [-0.05, 0) is 12.0 Å². The van der Waals surface area contributed by atoms with Crippen LogP contribution in [0.3, 0.4) is 0 Å². The Morgan fingerprint density at radius 1 is 1.35 bits per heavy atom. The number of methoxy groups -OCH3 is 2. The summed E-state index contributed by atoms with van der Waals surface area (Å²) < 4.78 is 10.4. The highest BCUT2D eigenvalue weighted by molar-refractivity contribution is 6.00. The normalized spacial score (nSPS) is 11.8. The van der Waals surface area contributed by atoms with E-state index in [1.165, 1.54) is 7.11 Å². The van der Waals surface area contributed by atoms with Crippen molar-refractivity contribution >= 4 is 11.6 Å². The van der Waals surface area contributed by atoms with E-state index in [-0.39, 0.29) is 5.91 Å². The maximum Gasteiger partial charge on any atom is 0.255 e. The molecule has 1 aromatic carbocycles. The van der Waals surface area contributed by atoms with Crippen LogP contribution in [0.25, 0.3) is 0 Å². The van der Waals surface area contributed by atoms with Crippen LogP contribution in [0.15, 0.2) is 12.1 Å². The fraction of sp³-hybridized carbons (Fsp3) is 0.533. The van der Waals surface area contributed by atoms with Crippen LogP contribution >= 0.6 is 0 Å². The second-order valence-electron chi connectivity index (χ2n) is 4.99. The number of rotatable bonds is 6. The van der Waals surface area contributed by atoms with Gasteiger partial charge in [0.05, 0.1) is 25.5 Å². The van der Waals surface area contributed by atoms with Crippen molar-refractivity contribution in [3.05, 3.63) is 17.7 Å². The number of hydrogen-bond acceptors (Lipinski definition) is 4. The summed E-state index contributed by atoms with van der Waals surface area (Å²) >= 11 is 0. The molecule has 2 N–H and O–H groups in total. The third-order valence-corrected chi connectivity index (χ3v) is 3.43. The highest BCUT2D eigenvalue weighted by Crippen LogP contribution is 2.31. The number of nitrogens with two attached hydrogens (primary N) is 1. The standard InChI is InChI=1S/C15H24N2O3/c1-6-10(2)9-17(3)15(18)12-7-11(19-4)8-13(20-5)14(12)16/h7-8,10H,6,9,16H2,1-5H3. The van der Waals surface area contributed by atoms with Crippen LogP contribution in [0.2, 0.25) is 0 Å². The van der Waals surface area contributed by atoms with E-state index in [0.717, 1.165) is 6.42 Å². The molecule has 0 aromatic heterocycles. The summed E-state index contributed by atoms with van der Waals surface area (Å²) in [6.45, 7) is 4.90. The van der Waals surface area contributed by atoms with Crippen LogP contribution in [0, 0.1) is 5.92 Å². The molecule has 0 aliphatic carbocycles. The maximum atomic E-state index is 12.5. The Kier molecular flexibility index (Phi) is 5.67. The highest BCUT2D eigenvalue weighted by Gasteiger charge is 2.20. The van der Waals surface area contributed by atoms with Crippen LogP contribution in [0.4, 0.5) is 5.69 Å². The number of hydrogen-bond donors (Lipinski definition) is 1. The summed E-state index contributed by atoms with van der Waals surface area (Å²) in [5.74, 6) is 1.32. The van der Waals surface area contributed by atoms with Gasteiger partial charge >= 0.3 is 0 Å². The van der Waals surface area contributed by atoms with Gasteiger partial charge in [0.15, 0.2) is 0 Å². The lowest BCUT2D eigenvalue weighted by Crippen LogP contribution is -2.31. The van der Waals surface area contributed by atoms with Gasteiger partial charge in [-0.25, -0.2) is 0 Å². The number of carbonyl (C=O) groups excluding carboxylic acids is 1. The van der Waals surface area contributed by atoms with Crippen molar-refractivity contribution in [3.63, 3.8) is 0 Å². The van der Waals surface area contributed by atoms with Crippen molar-refractivity contribution in [3.8, 4) is 11.5 Å². The lowest BCUT2D eigenvalue weighted by atomic mass is 10.1. The van der Waals surface area contributed by atoms with Gasteiger partial charge in [-0.2, -0.15) is 0 Å². The molecule has 5 nitrogen and oxygen atoms in total. The first kappa shape index (κ1) is 16.1. The van der Waals surface area contributed by atoms with Crippen molar-refractivity contribution in [2.45, 2.75) is 20.3 Å². The van der Waals surface area contributed by atoms with Crippen molar-refractivity contribution in [1.29, 1.82) is 0 Å². The van der Waals surface area contributed by atoms with Crippen LogP contribution in [0.1, 0.15) is 30.6 Å². The first-order chi connectivity index (χ1) is 9.44. The molecule has 0 bridgehead atoms. The van der Waals surface area contributed by atoms with E-state index in [1.807, 2.05) is 0 Å². The Morgan fingerprint density at radius 2 is 2.00 bits per heavy atom. The Bertz CT molecular complexity index is 474. The van der Waals surface area contributed by atoms with E-state index < -0.39 is 0 Å². The molecular weight excluding hydrogens is 256 g/mol. The summed E-state index contributed by atoms with van der Waals surface area (Å²) in [6.07, 6.45) is 1.02. The molecule has 112 valence electrons. The molecule has 0 fully saturated rings. The van der Waals surface area contributed by atoms with Crippen LogP contribution < -0.4 is 15.2 Å². The quantitative estimate of drug-likeness (QED) is 0.813. The predicted octanol–water partition coefficient (Wildman–Crippen LogP) is 2.40. The van der Waals surface area contributed by atoms with E-state index in [1.54, 1.807) is 31.2 Å². The monoisotopic (exact) mass is 280 g/mol. The molecule has 1 aromatic rings. The van der Waals surface area contributed by atoms with Crippen molar-refractivity contribution in [2.75, 3.05) is 33.5 Å². The van der Waals surface area contributed by atoms with Crippen molar-refractivity contribution in [1.82, 2.24) is 4.90 Å². The van der Waals surface area contributed by atoms with Gasteiger partial charge in [-0.3, -0.25) is 4.79 Å². The maximum absolute atomic E-state index is 12.5. The molecular formula is C15H24N2O3. The SMILES string of the molecule is CCC(C)CN(C)C(=O)c1cc(OC)cc(OC)c1N. The van der Waals surface area contributed by atoms with E-state index in [9.17, 15) is 4.79 Å². The van der Waals surface area contributed by atoms with E-state index >= 15 is 0 Å². The van der Waals surface area contributed by atoms with Crippen LogP contribution in [-0.4, -0.2) is 38.6 Å². The molecule has 0 heterocycles. The second kappa shape index (κ2) is 7.03. The summed E-state index contributed by atoms with van der Waals surface area (Å²) in [7, 11) is 4.84. The zero-order chi connectivity index (χ0) is 15.3. The van der Waals surface area contributed by atoms with Crippen molar-refractivity contribution in [2.24, 2.45) is 5.92 Å². The zero-order valence-corrected chi connectivity index (χ0v) is 12.9. The van der Waals surface area contributed by atoms with Gasteiger partial charge in [-0.1, -0.05) is 20.3 Å². The molecule has 0 aliphatic heterocycles. The van der Waals surface area contributed by atoms with Gasteiger partial charge < -0.3 is 20.1 Å². The van der Waals surface area contributed by atoms with Gasteiger partial charge in [-0.15, -0.1) is 0 Å².